The number of rotatable bonds is 2. The number of carbonyl (C=O) groups excluding carboxylic acids is 1. The Labute approximate surface area is 202 Å². The Bertz CT molecular complexity index is 1190. The maximum absolute atomic E-state index is 13.6. The van der Waals surface area contributed by atoms with E-state index < -0.39 is 0 Å². The van der Waals surface area contributed by atoms with Crippen molar-refractivity contribution in [1.29, 1.82) is 0 Å². The fourth-order valence-corrected chi connectivity index (χ4v) is 5.32. The Morgan fingerprint density at radius 2 is 1.68 bits per heavy atom. The van der Waals surface area contributed by atoms with Gasteiger partial charge in [-0.1, -0.05) is 31.2 Å². The molecule has 3 aliphatic heterocycles. The molecule has 176 valence electrons. The molecule has 1 unspecified atom stereocenters. The summed E-state index contributed by atoms with van der Waals surface area (Å²) >= 11 is 0. The van der Waals surface area contributed by atoms with Gasteiger partial charge in [-0.25, -0.2) is 0 Å². The van der Waals surface area contributed by atoms with Crippen LogP contribution in [0.2, 0.25) is 0 Å². The monoisotopic (exact) mass is 454 g/mol. The number of hydrogen-bond donors (Lipinski definition) is 1. The molecule has 4 heterocycles. The average molecular weight is 455 g/mol. The molecule has 1 aromatic heterocycles. The third-order valence-electron chi connectivity index (χ3n) is 7.05. The minimum absolute atomic E-state index is 0.00562. The molecule has 1 amide bonds. The zero-order chi connectivity index (χ0) is 23.8. The fraction of sp³-hybridized carbons (Fsp3) is 0.345. The summed E-state index contributed by atoms with van der Waals surface area (Å²) in [7, 11) is 2.06. The molecule has 5 heteroatoms. The summed E-state index contributed by atoms with van der Waals surface area (Å²) in [6.45, 7) is 8.50. The van der Waals surface area contributed by atoms with Crippen molar-refractivity contribution in [2.45, 2.75) is 39.3 Å². The van der Waals surface area contributed by atoms with E-state index >= 15 is 0 Å². The lowest BCUT2D eigenvalue weighted by Gasteiger charge is -2.39. The van der Waals surface area contributed by atoms with E-state index in [1.807, 2.05) is 17.2 Å². The second-order valence-electron chi connectivity index (χ2n) is 9.92. The van der Waals surface area contributed by atoms with Gasteiger partial charge in [-0.3, -0.25) is 9.69 Å². The molecule has 0 spiro atoms. The molecule has 3 atom stereocenters. The van der Waals surface area contributed by atoms with Gasteiger partial charge in [-0.2, -0.15) is 0 Å². The number of nitrogens with zero attached hydrogens (tertiary/aromatic N) is 3. The van der Waals surface area contributed by atoms with Crippen LogP contribution in [0.4, 0.5) is 0 Å². The van der Waals surface area contributed by atoms with Gasteiger partial charge in [-0.15, -0.1) is 0 Å². The van der Waals surface area contributed by atoms with Gasteiger partial charge in [0.05, 0.1) is 5.70 Å². The highest BCUT2D eigenvalue weighted by molar-refractivity contribution is 5.93. The summed E-state index contributed by atoms with van der Waals surface area (Å²) in [5, 5.41) is 3.58. The molecule has 1 fully saturated rings. The Kier molecular flexibility index (Phi) is 6.05. The normalized spacial score (nSPS) is 33.4. The van der Waals surface area contributed by atoms with Gasteiger partial charge in [-0.05, 0) is 67.7 Å². The van der Waals surface area contributed by atoms with E-state index in [0.717, 1.165) is 42.1 Å². The van der Waals surface area contributed by atoms with Crippen LogP contribution in [0, 0.1) is 5.92 Å². The molecule has 5 rings (SSSR count). The quantitative estimate of drug-likeness (QED) is 0.700. The molecule has 5 nitrogen and oxygen atoms in total. The Balaban J connectivity index is 1.48. The van der Waals surface area contributed by atoms with E-state index in [-0.39, 0.29) is 11.8 Å². The van der Waals surface area contributed by atoms with E-state index in [1.165, 1.54) is 11.3 Å². The lowest BCUT2D eigenvalue weighted by Crippen LogP contribution is -2.53. The largest absolute Gasteiger partial charge is 0.367 e. The van der Waals surface area contributed by atoms with Crippen LogP contribution >= 0.6 is 0 Å². The number of allylic oxidation sites excluding steroid dienone is 8. The number of carbonyl (C=O) groups is 1. The smallest absolute Gasteiger partial charge is 0.255 e. The van der Waals surface area contributed by atoms with Crippen molar-refractivity contribution in [2.24, 2.45) is 13.0 Å². The number of nitrogens with one attached hydrogen (secondary N) is 1. The first kappa shape index (κ1) is 22.5. The standard InChI is InChI=1S/C29H34N4O/c1-20-9-10-25-11-12-26(32-17-21(2)30-22(3)18-32)19-33(25)29(34)16-27(20)23-7-5-6-8-28-24(15-23)13-14-31(28)4/h5-8,10-16,19-22,30H,9,17-18H2,1-4H3/b6-5?,7-5+,8-6-,23-7?,23-15+,24-15?,25-10+,27-16+,28-8?/t20?,21-,22+. The minimum Gasteiger partial charge on any atom is -0.367 e. The zero-order valence-electron chi connectivity index (χ0n) is 20.5. The Hall–Kier alpha value is -3.31. The highest BCUT2D eigenvalue weighted by atomic mass is 16.2. The zero-order valence-corrected chi connectivity index (χ0v) is 20.5. The van der Waals surface area contributed by atoms with Gasteiger partial charge in [0.25, 0.3) is 5.91 Å². The highest BCUT2D eigenvalue weighted by Gasteiger charge is 2.27. The summed E-state index contributed by atoms with van der Waals surface area (Å²) in [6, 6.07) is 2.97. The van der Waals surface area contributed by atoms with Crippen LogP contribution in [0.25, 0.3) is 12.2 Å². The van der Waals surface area contributed by atoms with Crippen LogP contribution in [0.15, 0.2) is 83.5 Å². The predicted molar refractivity (Wildman–Crippen MR) is 139 cm³/mol. The van der Waals surface area contributed by atoms with Gasteiger partial charge in [0.15, 0.2) is 0 Å². The average Bonchev–Trinajstić information content (AvgIpc) is 3.12. The van der Waals surface area contributed by atoms with E-state index in [2.05, 4.69) is 103 Å². The second-order valence-corrected chi connectivity index (χ2v) is 9.92. The maximum atomic E-state index is 13.6. The first-order valence-corrected chi connectivity index (χ1v) is 12.3. The first-order valence-electron chi connectivity index (χ1n) is 12.3. The Morgan fingerprint density at radius 3 is 2.47 bits per heavy atom. The van der Waals surface area contributed by atoms with Crippen LogP contribution < -0.4 is 5.32 Å². The second kappa shape index (κ2) is 9.15. The summed E-state index contributed by atoms with van der Waals surface area (Å²) in [5.74, 6) is 0.241. The third-order valence-corrected chi connectivity index (χ3v) is 7.05. The van der Waals surface area contributed by atoms with E-state index in [0.29, 0.717) is 12.1 Å². The number of amides is 1. The summed E-state index contributed by atoms with van der Waals surface area (Å²) in [4.78, 5) is 17.8. The first-order chi connectivity index (χ1) is 16.4. The van der Waals surface area contributed by atoms with Crippen molar-refractivity contribution >= 4 is 18.1 Å². The lowest BCUT2D eigenvalue weighted by molar-refractivity contribution is -0.122. The van der Waals surface area contributed by atoms with E-state index in [9.17, 15) is 4.79 Å². The molecule has 1 saturated heterocycles. The molecule has 1 aromatic rings. The number of hydrogen-bond acceptors (Lipinski definition) is 3. The third kappa shape index (κ3) is 4.40. The van der Waals surface area contributed by atoms with Crippen LogP contribution in [-0.4, -0.2) is 45.4 Å². The highest BCUT2D eigenvalue weighted by Crippen LogP contribution is 2.32. The van der Waals surface area contributed by atoms with Crippen molar-refractivity contribution in [2.75, 3.05) is 13.1 Å². The van der Waals surface area contributed by atoms with Gasteiger partial charge >= 0.3 is 0 Å². The fourth-order valence-electron chi connectivity index (χ4n) is 5.32. The summed E-state index contributed by atoms with van der Waals surface area (Å²) < 4.78 is 2.12. The SMILES string of the molecule is CC1C/C=C2\C=CC(N3C[C@@H](C)N[C@@H](C)C3)=CN2C(=O)/C=C1/C1=C/c2ccn(C)c2/C=C\C=C\1. The minimum atomic E-state index is 0.00562. The van der Waals surface area contributed by atoms with Crippen molar-refractivity contribution < 1.29 is 4.79 Å². The lowest BCUT2D eigenvalue weighted by atomic mass is 9.87. The molecule has 0 aromatic carbocycles. The van der Waals surface area contributed by atoms with Crippen LogP contribution in [0.5, 0.6) is 0 Å². The van der Waals surface area contributed by atoms with Crippen LogP contribution in [-0.2, 0) is 11.8 Å². The summed E-state index contributed by atoms with van der Waals surface area (Å²) in [5.41, 5.74) is 6.57. The molecular weight excluding hydrogens is 420 g/mol. The molecule has 0 bridgehead atoms. The van der Waals surface area contributed by atoms with Crippen LogP contribution in [0.1, 0.15) is 38.4 Å². The maximum Gasteiger partial charge on any atom is 0.255 e. The molecule has 0 radical (unpaired) electrons. The molecule has 34 heavy (non-hydrogen) atoms. The van der Waals surface area contributed by atoms with Crippen LogP contribution in [0.3, 0.4) is 0 Å². The molecule has 0 saturated carbocycles. The number of piperazine rings is 1. The molecule has 4 aliphatic rings. The number of fused-ring (bicyclic) bond motifs is 2. The number of aryl methyl sites for hydroxylation is 1. The van der Waals surface area contributed by atoms with Gasteiger partial charge in [0.2, 0.25) is 0 Å². The predicted octanol–water partition coefficient (Wildman–Crippen LogP) is 4.76. The van der Waals surface area contributed by atoms with E-state index in [1.54, 1.807) is 0 Å². The van der Waals surface area contributed by atoms with Crippen molar-refractivity contribution in [3.63, 3.8) is 0 Å². The van der Waals surface area contributed by atoms with Gasteiger partial charge in [0, 0.05) is 67.6 Å². The van der Waals surface area contributed by atoms with Crippen molar-refractivity contribution in [1.82, 2.24) is 19.7 Å². The van der Waals surface area contributed by atoms with Gasteiger partial charge < -0.3 is 14.8 Å². The molecular formula is C29H34N4O. The van der Waals surface area contributed by atoms with Crippen molar-refractivity contribution in [3.05, 3.63) is 94.8 Å². The molecule has 1 N–H and O–H groups in total. The number of aromatic nitrogens is 1. The summed E-state index contributed by atoms with van der Waals surface area (Å²) in [6.07, 6.45) is 23.8. The molecule has 1 aliphatic carbocycles. The Morgan fingerprint density at radius 1 is 0.941 bits per heavy atom. The van der Waals surface area contributed by atoms with Gasteiger partial charge in [0.1, 0.15) is 0 Å². The van der Waals surface area contributed by atoms with E-state index in [4.69, 9.17) is 0 Å². The van der Waals surface area contributed by atoms with Crippen molar-refractivity contribution in [3.8, 4) is 0 Å². The topological polar surface area (TPSA) is 40.5 Å².